The second-order valence-electron chi connectivity index (χ2n) is 3.81. The van der Waals surface area contributed by atoms with E-state index in [-0.39, 0.29) is 16.6 Å². The fraction of sp³-hybridized carbons (Fsp3) is 0.455. The van der Waals surface area contributed by atoms with E-state index in [2.05, 4.69) is 0 Å². The van der Waals surface area contributed by atoms with Gasteiger partial charge in [0, 0.05) is 5.92 Å². The van der Waals surface area contributed by atoms with Crippen LogP contribution in [-0.2, 0) is 0 Å². The van der Waals surface area contributed by atoms with Gasteiger partial charge in [-0.2, -0.15) is 0 Å². The average molecular weight is 224 g/mol. The number of rotatable bonds is 3. The summed E-state index contributed by atoms with van der Waals surface area (Å²) in [6.45, 7) is 0. The van der Waals surface area contributed by atoms with Crippen molar-refractivity contribution in [3.63, 3.8) is 0 Å². The quantitative estimate of drug-likeness (QED) is 0.803. The van der Waals surface area contributed by atoms with E-state index >= 15 is 0 Å². The van der Waals surface area contributed by atoms with Crippen LogP contribution in [0, 0.1) is 5.92 Å². The van der Waals surface area contributed by atoms with E-state index in [0.29, 0.717) is 4.88 Å². The van der Waals surface area contributed by atoms with Crippen LogP contribution in [0.15, 0.2) is 12.1 Å². The minimum Gasteiger partial charge on any atom is -0.477 e. The molecule has 1 aliphatic rings. The van der Waals surface area contributed by atoms with Crippen molar-refractivity contribution in [2.24, 2.45) is 5.92 Å². The predicted octanol–water partition coefficient (Wildman–Crippen LogP) is 2.82. The van der Waals surface area contributed by atoms with Gasteiger partial charge in [0.2, 0.25) is 0 Å². The molecule has 0 amide bonds. The molecule has 0 bridgehead atoms. The Morgan fingerprint density at radius 2 is 1.80 bits per heavy atom. The maximum Gasteiger partial charge on any atom is 0.345 e. The maximum absolute atomic E-state index is 11.9. The molecule has 0 saturated heterocycles. The lowest BCUT2D eigenvalue weighted by atomic mass is 10.0. The third kappa shape index (κ3) is 2.09. The van der Waals surface area contributed by atoms with E-state index < -0.39 is 5.97 Å². The zero-order chi connectivity index (χ0) is 10.8. The summed E-state index contributed by atoms with van der Waals surface area (Å²) in [5.41, 5.74) is 0. The zero-order valence-electron chi connectivity index (χ0n) is 8.23. The zero-order valence-corrected chi connectivity index (χ0v) is 9.05. The molecule has 80 valence electrons. The number of hydrogen-bond donors (Lipinski definition) is 1. The molecule has 1 heterocycles. The van der Waals surface area contributed by atoms with Crippen molar-refractivity contribution in [1.29, 1.82) is 0 Å². The number of carbonyl (C=O) groups excluding carboxylic acids is 1. The largest absolute Gasteiger partial charge is 0.477 e. The van der Waals surface area contributed by atoms with Crippen molar-refractivity contribution in [3.05, 3.63) is 21.9 Å². The van der Waals surface area contributed by atoms with Crippen molar-refractivity contribution < 1.29 is 14.7 Å². The first-order valence-corrected chi connectivity index (χ1v) is 5.87. The highest BCUT2D eigenvalue weighted by atomic mass is 32.1. The van der Waals surface area contributed by atoms with Gasteiger partial charge in [-0.05, 0) is 25.0 Å². The molecule has 4 heteroatoms. The summed E-state index contributed by atoms with van der Waals surface area (Å²) in [4.78, 5) is 23.4. The van der Waals surface area contributed by atoms with Gasteiger partial charge in [-0.1, -0.05) is 12.8 Å². The van der Waals surface area contributed by atoms with Gasteiger partial charge in [-0.25, -0.2) is 4.79 Å². The molecule has 1 N–H and O–H groups in total. The van der Waals surface area contributed by atoms with Crippen molar-refractivity contribution >= 4 is 23.1 Å². The molecule has 0 atom stereocenters. The minimum absolute atomic E-state index is 0.130. The number of carboxylic acid groups (broad SMARTS) is 1. The summed E-state index contributed by atoms with van der Waals surface area (Å²) in [7, 11) is 0. The molecule has 2 rings (SSSR count). The molecule has 1 aromatic heterocycles. The Morgan fingerprint density at radius 3 is 2.33 bits per heavy atom. The third-order valence-corrected chi connectivity index (χ3v) is 3.87. The summed E-state index contributed by atoms with van der Waals surface area (Å²) in [5.74, 6) is -0.694. The van der Waals surface area contributed by atoms with Crippen LogP contribution in [-0.4, -0.2) is 16.9 Å². The van der Waals surface area contributed by atoms with Crippen LogP contribution < -0.4 is 0 Å². The molecule has 0 spiro atoms. The van der Waals surface area contributed by atoms with E-state index in [0.717, 1.165) is 37.0 Å². The van der Waals surface area contributed by atoms with Gasteiger partial charge in [0.25, 0.3) is 0 Å². The van der Waals surface area contributed by atoms with E-state index in [1.807, 2.05) is 0 Å². The Hall–Kier alpha value is -1.16. The van der Waals surface area contributed by atoms with E-state index in [1.165, 1.54) is 6.07 Å². The summed E-state index contributed by atoms with van der Waals surface area (Å²) in [6.07, 6.45) is 4.15. The first-order valence-electron chi connectivity index (χ1n) is 5.06. The van der Waals surface area contributed by atoms with Gasteiger partial charge >= 0.3 is 5.97 Å². The number of thiophene rings is 1. The highest BCUT2D eigenvalue weighted by Crippen LogP contribution is 2.30. The van der Waals surface area contributed by atoms with E-state index in [4.69, 9.17) is 5.11 Å². The number of aromatic carboxylic acids is 1. The molecule has 0 aromatic carbocycles. The van der Waals surface area contributed by atoms with Gasteiger partial charge in [-0.3, -0.25) is 4.79 Å². The van der Waals surface area contributed by atoms with Crippen LogP contribution >= 0.6 is 11.3 Å². The van der Waals surface area contributed by atoms with Gasteiger partial charge in [-0.15, -0.1) is 11.3 Å². The number of Topliss-reactive ketones (excluding diaryl/α,β-unsaturated/α-hetero) is 1. The van der Waals surface area contributed by atoms with Gasteiger partial charge in [0.05, 0.1) is 4.88 Å². The minimum atomic E-state index is -0.953. The van der Waals surface area contributed by atoms with Crippen molar-refractivity contribution in [1.82, 2.24) is 0 Å². The fourth-order valence-electron chi connectivity index (χ4n) is 1.97. The molecular formula is C11H12O3S. The topological polar surface area (TPSA) is 54.4 Å². The molecule has 15 heavy (non-hydrogen) atoms. The Morgan fingerprint density at radius 1 is 1.20 bits per heavy atom. The Bertz CT molecular complexity index is 388. The summed E-state index contributed by atoms with van der Waals surface area (Å²) in [6, 6.07) is 3.14. The summed E-state index contributed by atoms with van der Waals surface area (Å²) in [5, 5.41) is 8.74. The molecular weight excluding hydrogens is 212 g/mol. The first-order chi connectivity index (χ1) is 7.18. The highest BCUT2D eigenvalue weighted by Gasteiger charge is 2.25. The smallest absolute Gasteiger partial charge is 0.345 e. The standard InChI is InChI=1S/C11H12O3S/c12-10(7-3-1-2-4-7)8-5-6-9(15-8)11(13)14/h5-7H,1-4H2,(H,13,14). The first kappa shape index (κ1) is 10.4. The molecule has 1 fully saturated rings. The van der Waals surface area contributed by atoms with Crippen LogP contribution in [0.3, 0.4) is 0 Å². The van der Waals surface area contributed by atoms with Gasteiger partial charge < -0.3 is 5.11 Å². The number of ketones is 1. The van der Waals surface area contributed by atoms with Gasteiger partial charge in [0.1, 0.15) is 4.88 Å². The van der Waals surface area contributed by atoms with Crippen LogP contribution in [0.1, 0.15) is 45.0 Å². The number of hydrogen-bond acceptors (Lipinski definition) is 3. The Labute approximate surface area is 91.7 Å². The SMILES string of the molecule is O=C(O)c1ccc(C(=O)C2CCCC2)s1. The number of carbonyl (C=O) groups is 2. The van der Waals surface area contributed by atoms with E-state index in [1.54, 1.807) is 6.07 Å². The maximum atomic E-state index is 11.9. The Balaban J connectivity index is 2.14. The summed E-state index contributed by atoms with van der Waals surface area (Å²) < 4.78 is 0. The van der Waals surface area contributed by atoms with Gasteiger partial charge in [0.15, 0.2) is 5.78 Å². The second-order valence-corrected chi connectivity index (χ2v) is 4.90. The molecule has 3 nitrogen and oxygen atoms in total. The van der Waals surface area contributed by atoms with Crippen LogP contribution in [0.4, 0.5) is 0 Å². The predicted molar refractivity (Wildman–Crippen MR) is 57.6 cm³/mol. The van der Waals surface area contributed by atoms with Crippen molar-refractivity contribution in [2.75, 3.05) is 0 Å². The van der Waals surface area contributed by atoms with Crippen molar-refractivity contribution in [2.45, 2.75) is 25.7 Å². The number of carboxylic acids is 1. The lowest BCUT2D eigenvalue weighted by Crippen LogP contribution is -2.08. The monoisotopic (exact) mass is 224 g/mol. The van der Waals surface area contributed by atoms with Crippen LogP contribution in [0.5, 0.6) is 0 Å². The fourth-order valence-corrected chi connectivity index (χ4v) is 2.84. The molecule has 0 aliphatic heterocycles. The molecule has 1 aromatic rings. The summed E-state index contributed by atoms with van der Waals surface area (Å²) >= 11 is 1.09. The molecule has 1 saturated carbocycles. The van der Waals surface area contributed by atoms with Crippen molar-refractivity contribution in [3.8, 4) is 0 Å². The molecule has 1 aliphatic carbocycles. The van der Waals surface area contributed by atoms with Crippen LogP contribution in [0.25, 0.3) is 0 Å². The second kappa shape index (κ2) is 4.14. The normalized spacial score (nSPS) is 16.8. The average Bonchev–Trinajstić information content (AvgIpc) is 2.88. The van der Waals surface area contributed by atoms with E-state index in [9.17, 15) is 9.59 Å². The Kier molecular flexibility index (Phi) is 2.86. The third-order valence-electron chi connectivity index (χ3n) is 2.79. The molecule has 0 unspecified atom stereocenters. The van der Waals surface area contributed by atoms with Crippen LogP contribution in [0.2, 0.25) is 0 Å². The lowest BCUT2D eigenvalue weighted by molar-refractivity contribution is 0.0702. The lowest BCUT2D eigenvalue weighted by Gasteiger charge is -2.04. The molecule has 0 radical (unpaired) electrons. The highest BCUT2D eigenvalue weighted by molar-refractivity contribution is 7.15.